The Morgan fingerprint density at radius 2 is 1.92 bits per heavy atom. The second-order valence-corrected chi connectivity index (χ2v) is 6.34. The third-order valence-electron chi connectivity index (χ3n) is 3.42. The van der Waals surface area contributed by atoms with Gasteiger partial charge in [0.25, 0.3) is 11.8 Å². The Hall–Kier alpha value is -2.67. The summed E-state index contributed by atoms with van der Waals surface area (Å²) >= 11 is 1.25. The Labute approximate surface area is 142 Å². The van der Waals surface area contributed by atoms with Gasteiger partial charge in [-0.15, -0.1) is 11.3 Å². The van der Waals surface area contributed by atoms with Crippen LogP contribution in [0.5, 0.6) is 0 Å². The van der Waals surface area contributed by atoms with Gasteiger partial charge in [0, 0.05) is 6.04 Å². The Bertz CT molecular complexity index is 754. The van der Waals surface area contributed by atoms with Gasteiger partial charge in [-0.3, -0.25) is 9.59 Å². The Morgan fingerprint density at radius 1 is 1.12 bits per heavy atom. The fourth-order valence-corrected chi connectivity index (χ4v) is 2.68. The lowest BCUT2D eigenvalue weighted by atomic mass is 10.1. The van der Waals surface area contributed by atoms with Crippen molar-refractivity contribution in [1.82, 2.24) is 5.32 Å². The van der Waals surface area contributed by atoms with E-state index < -0.39 is 18.5 Å². The molecule has 24 heavy (non-hydrogen) atoms. The smallest absolute Gasteiger partial charge is 0.348 e. The van der Waals surface area contributed by atoms with Gasteiger partial charge in [0.15, 0.2) is 6.61 Å². The molecule has 124 valence electrons. The largest absolute Gasteiger partial charge is 0.451 e. The monoisotopic (exact) mass is 344 g/mol. The molecule has 1 aliphatic rings. The molecule has 0 aliphatic heterocycles. The molecule has 0 radical (unpaired) electrons. The van der Waals surface area contributed by atoms with E-state index in [-0.39, 0.29) is 11.9 Å². The molecule has 3 rings (SSSR count). The summed E-state index contributed by atoms with van der Waals surface area (Å²) in [6.07, 6.45) is 1.97. The standard InChI is InChI=1S/C17H16N2O4S/c20-15(10-23-17(22)14-6-3-9-24-14)19-13-5-2-1-4-12(13)16(21)18-11-7-8-11/h1-6,9,11H,7-8,10H2,(H,18,21)(H,19,20). The van der Waals surface area contributed by atoms with Gasteiger partial charge < -0.3 is 15.4 Å². The van der Waals surface area contributed by atoms with E-state index in [4.69, 9.17) is 4.74 Å². The lowest BCUT2D eigenvalue weighted by Gasteiger charge is -2.11. The second-order valence-electron chi connectivity index (χ2n) is 5.39. The van der Waals surface area contributed by atoms with Crippen LogP contribution in [0.25, 0.3) is 0 Å². The van der Waals surface area contributed by atoms with E-state index in [1.54, 1.807) is 41.8 Å². The first-order chi connectivity index (χ1) is 11.6. The third kappa shape index (κ3) is 4.20. The third-order valence-corrected chi connectivity index (χ3v) is 4.26. The van der Waals surface area contributed by atoms with Crippen molar-refractivity contribution in [3.63, 3.8) is 0 Å². The lowest BCUT2D eigenvalue weighted by molar-refractivity contribution is -0.119. The summed E-state index contributed by atoms with van der Waals surface area (Å²) < 4.78 is 4.95. The van der Waals surface area contributed by atoms with Crippen LogP contribution in [0.3, 0.4) is 0 Å². The van der Waals surface area contributed by atoms with Crippen molar-refractivity contribution in [2.24, 2.45) is 0 Å². The Balaban J connectivity index is 1.57. The molecule has 1 aliphatic carbocycles. The van der Waals surface area contributed by atoms with E-state index in [1.165, 1.54) is 11.3 Å². The molecule has 0 spiro atoms. The van der Waals surface area contributed by atoms with Crippen LogP contribution < -0.4 is 10.6 Å². The first-order valence-corrected chi connectivity index (χ1v) is 8.42. The van der Waals surface area contributed by atoms with Crippen LogP contribution in [0.1, 0.15) is 32.9 Å². The maximum absolute atomic E-state index is 12.2. The molecule has 1 fully saturated rings. The molecule has 0 unspecified atom stereocenters. The number of nitrogens with one attached hydrogen (secondary N) is 2. The normalized spacial score (nSPS) is 13.2. The minimum Gasteiger partial charge on any atom is -0.451 e. The van der Waals surface area contributed by atoms with Crippen molar-refractivity contribution >= 4 is 34.8 Å². The van der Waals surface area contributed by atoms with E-state index >= 15 is 0 Å². The van der Waals surface area contributed by atoms with Crippen molar-refractivity contribution in [1.29, 1.82) is 0 Å². The number of carbonyl (C=O) groups excluding carboxylic acids is 3. The zero-order valence-corrected chi connectivity index (χ0v) is 13.6. The number of thiophene rings is 1. The maximum atomic E-state index is 12.2. The van der Waals surface area contributed by atoms with Crippen LogP contribution in [0.2, 0.25) is 0 Å². The van der Waals surface area contributed by atoms with Crippen LogP contribution in [0.4, 0.5) is 5.69 Å². The molecular formula is C17H16N2O4S. The van der Waals surface area contributed by atoms with Gasteiger partial charge >= 0.3 is 5.97 Å². The minimum absolute atomic E-state index is 0.219. The highest BCUT2D eigenvalue weighted by atomic mass is 32.1. The lowest BCUT2D eigenvalue weighted by Crippen LogP contribution is -2.27. The predicted octanol–water partition coefficient (Wildman–Crippen LogP) is 2.44. The highest BCUT2D eigenvalue weighted by molar-refractivity contribution is 7.11. The molecule has 1 saturated carbocycles. The van der Waals surface area contributed by atoms with Crippen molar-refractivity contribution in [3.05, 3.63) is 52.2 Å². The zero-order chi connectivity index (χ0) is 16.9. The van der Waals surface area contributed by atoms with Gasteiger partial charge in [0.05, 0.1) is 11.3 Å². The summed E-state index contributed by atoms with van der Waals surface area (Å²) in [5.74, 6) is -1.25. The Morgan fingerprint density at radius 3 is 2.62 bits per heavy atom. The van der Waals surface area contributed by atoms with Crippen LogP contribution in [-0.2, 0) is 9.53 Å². The molecule has 6 nitrogen and oxygen atoms in total. The quantitative estimate of drug-likeness (QED) is 0.788. The van der Waals surface area contributed by atoms with Crippen molar-refractivity contribution in [2.75, 3.05) is 11.9 Å². The molecule has 0 atom stereocenters. The first-order valence-electron chi connectivity index (χ1n) is 7.54. The van der Waals surface area contributed by atoms with Gasteiger partial charge in [-0.05, 0) is 36.4 Å². The van der Waals surface area contributed by atoms with Gasteiger partial charge in [0.2, 0.25) is 0 Å². The molecule has 7 heteroatoms. The predicted molar refractivity (Wildman–Crippen MR) is 90.2 cm³/mol. The number of anilines is 1. The molecule has 2 aromatic rings. The molecule has 1 aromatic heterocycles. The summed E-state index contributed by atoms with van der Waals surface area (Å²) in [5.41, 5.74) is 0.787. The maximum Gasteiger partial charge on any atom is 0.348 e. The highest BCUT2D eigenvalue weighted by Crippen LogP contribution is 2.21. The fraction of sp³-hybridized carbons (Fsp3) is 0.235. The van der Waals surface area contributed by atoms with E-state index in [1.807, 2.05) is 0 Å². The molecule has 1 heterocycles. The van der Waals surface area contributed by atoms with E-state index in [0.717, 1.165) is 12.8 Å². The number of esters is 1. The molecular weight excluding hydrogens is 328 g/mol. The number of para-hydroxylation sites is 1. The van der Waals surface area contributed by atoms with E-state index in [2.05, 4.69) is 10.6 Å². The molecule has 0 bridgehead atoms. The van der Waals surface area contributed by atoms with Gasteiger partial charge in [-0.25, -0.2) is 4.79 Å². The topological polar surface area (TPSA) is 84.5 Å². The van der Waals surface area contributed by atoms with Crippen LogP contribution in [0.15, 0.2) is 41.8 Å². The average Bonchev–Trinajstić information content (AvgIpc) is 3.22. The number of hydrogen-bond acceptors (Lipinski definition) is 5. The highest BCUT2D eigenvalue weighted by Gasteiger charge is 2.25. The average molecular weight is 344 g/mol. The fourth-order valence-electron chi connectivity index (χ4n) is 2.06. The SMILES string of the molecule is O=C(COC(=O)c1cccs1)Nc1ccccc1C(=O)NC1CC1. The first kappa shape index (κ1) is 16.2. The van der Waals surface area contributed by atoms with Crippen LogP contribution >= 0.6 is 11.3 Å². The summed E-state index contributed by atoms with van der Waals surface area (Å²) in [7, 11) is 0. The number of carbonyl (C=O) groups is 3. The van der Waals surface area contributed by atoms with Crippen molar-refractivity contribution in [2.45, 2.75) is 18.9 Å². The van der Waals surface area contributed by atoms with Gasteiger partial charge in [0.1, 0.15) is 4.88 Å². The molecule has 1 aromatic carbocycles. The van der Waals surface area contributed by atoms with Crippen LogP contribution in [0, 0.1) is 0 Å². The van der Waals surface area contributed by atoms with Crippen LogP contribution in [-0.4, -0.2) is 30.4 Å². The Kier molecular flexibility index (Phi) is 4.90. The van der Waals surface area contributed by atoms with Gasteiger partial charge in [-0.1, -0.05) is 18.2 Å². The molecule has 2 N–H and O–H groups in total. The number of hydrogen-bond donors (Lipinski definition) is 2. The number of ether oxygens (including phenoxy) is 1. The summed E-state index contributed by atoms with van der Waals surface area (Å²) in [6, 6.07) is 10.3. The molecule has 0 saturated heterocycles. The number of rotatable bonds is 6. The van der Waals surface area contributed by atoms with E-state index in [9.17, 15) is 14.4 Å². The number of amides is 2. The summed E-state index contributed by atoms with van der Waals surface area (Å²) in [5, 5.41) is 7.25. The number of benzene rings is 1. The van der Waals surface area contributed by atoms with Crippen molar-refractivity contribution < 1.29 is 19.1 Å². The van der Waals surface area contributed by atoms with Crippen molar-refractivity contribution in [3.8, 4) is 0 Å². The zero-order valence-electron chi connectivity index (χ0n) is 12.8. The summed E-state index contributed by atoms with van der Waals surface area (Å²) in [6.45, 7) is -0.407. The minimum atomic E-state index is -0.542. The van der Waals surface area contributed by atoms with Gasteiger partial charge in [-0.2, -0.15) is 0 Å². The second kappa shape index (κ2) is 7.27. The van der Waals surface area contributed by atoms with E-state index in [0.29, 0.717) is 16.1 Å². The summed E-state index contributed by atoms with van der Waals surface area (Å²) in [4.78, 5) is 36.3. The molecule has 2 amide bonds.